The summed E-state index contributed by atoms with van der Waals surface area (Å²) in [6.45, 7) is 10.1. The van der Waals surface area contributed by atoms with Crippen molar-refractivity contribution in [3.8, 4) is 0 Å². The maximum absolute atomic E-state index is 6.15. The van der Waals surface area contributed by atoms with Crippen LogP contribution in [0.1, 0.15) is 32.8 Å². The van der Waals surface area contributed by atoms with Crippen LogP contribution in [-0.2, 0) is 11.3 Å². The van der Waals surface area contributed by atoms with E-state index < -0.39 is 0 Å². The third kappa shape index (κ3) is 4.97. The van der Waals surface area contributed by atoms with Crippen LogP contribution in [-0.4, -0.2) is 32.8 Å². The van der Waals surface area contributed by atoms with Gasteiger partial charge in [0.05, 0.1) is 6.61 Å². The van der Waals surface area contributed by atoms with E-state index >= 15 is 0 Å². The van der Waals surface area contributed by atoms with Gasteiger partial charge in [0.25, 0.3) is 0 Å². The molecular weight excluding hydrogens is 272 g/mol. The number of methoxy groups -OCH3 is 1. The van der Waals surface area contributed by atoms with E-state index in [-0.39, 0.29) is 0 Å². The fourth-order valence-corrected chi connectivity index (χ4v) is 2.62. The first kappa shape index (κ1) is 17.3. The Hall–Kier alpha value is -0.770. The highest BCUT2D eigenvalue weighted by atomic mass is 35.5. The molecule has 0 heterocycles. The van der Waals surface area contributed by atoms with Gasteiger partial charge in [0.2, 0.25) is 0 Å². The SMILES string of the molecule is CCCNCc1cc(Cl)ccc1N(CC)C(C)COC. The molecule has 1 atom stereocenters. The van der Waals surface area contributed by atoms with Crippen molar-refractivity contribution in [3.63, 3.8) is 0 Å². The summed E-state index contributed by atoms with van der Waals surface area (Å²) in [4.78, 5) is 2.36. The molecule has 0 saturated heterocycles. The number of hydrogen-bond donors (Lipinski definition) is 1. The maximum Gasteiger partial charge on any atom is 0.0663 e. The van der Waals surface area contributed by atoms with Gasteiger partial charge in [-0.15, -0.1) is 0 Å². The van der Waals surface area contributed by atoms with Crippen LogP contribution in [0.3, 0.4) is 0 Å². The monoisotopic (exact) mass is 298 g/mol. The lowest BCUT2D eigenvalue weighted by Gasteiger charge is -2.31. The van der Waals surface area contributed by atoms with Gasteiger partial charge >= 0.3 is 0 Å². The van der Waals surface area contributed by atoms with Crippen LogP contribution in [0.4, 0.5) is 5.69 Å². The Morgan fingerprint density at radius 1 is 1.35 bits per heavy atom. The van der Waals surface area contributed by atoms with Crippen molar-refractivity contribution in [1.29, 1.82) is 0 Å². The summed E-state index contributed by atoms with van der Waals surface area (Å²) in [5.41, 5.74) is 2.49. The number of halogens is 1. The molecule has 1 unspecified atom stereocenters. The number of rotatable bonds is 9. The van der Waals surface area contributed by atoms with Gasteiger partial charge in [-0.3, -0.25) is 0 Å². The van der Waals surface area contributed by atoms with E-state index in [2.05, 4.69) is 43.1 Å². The van der Waals surface area contributed by atoms with E-state index in [0.717, 1.165) is 37.7 Å². The van der Waals surface area contributed by atoms with E-state index in [1.54, 1.807) is 7.11 Å². The van der Waals surface area contributed by atoms with Gasteiger partial charge in [0.15, 0.2) is 0 Å². The third-order valence-corrected chi connectivity index (χ3v) is 3.61. The van der Waals surface area contributed by atoms with Crippen LogP contribution in [0, 0.1) is 0 Å². The number of anilines is 1. The van der Waals surface area contributed by atoms with E-state index in [1.165, 1.54) is 11.3 Å². The molecule has 1 aromatic carbocycles. The van der Waals surface area contributed by atoms with Gasteiger partial charge in [-0.2, -0.15) is 0 Å². The zero-order valence-corrected chi connectivity index (χ0v) is 13.8. The van der Waals surface area contributed by atoms with E-state index in [4.69, 9.17) is 16.3 Å². The Morgan fingerprint density at radius 3 is 2.70 bits per heavy atom. The van der Waals surface area contributed by atoms with Crippen molar-refractivity contribution in [3.05, 3.63) is 28.8 Å². The molecule has 114 valence electrons. The summed E-state index contributed by atoms with van der Waals surface area (Å²) in [5.74, 6) is 0. The van der Waals surface area contributed by atoms with Crippen molar-refractivity contribution in [1.82, 2.24) is 5.32 Å². The molecule has 0 aromatic heterocycles. The normalized spacial score (nSPS) is 12.4. The van der Waals surface area contributed by atoms with Crippen LogP contribution in [0.25, 0.3) is 0 Å². The second kappa shape index (κ2) is 9.22. The lowest BCUT2D eigenvalue weighted by molar-refractivity contribution is 0.182. The topological polar surface area (TPSA) is 24.5 Å². The molecule has 1 rings (SSSR count). The second-order valence-corrected chi connectivity index (χ2v) is 5.48. The molecule has 0 saturated carbocycles. The molecule has 0 bridgehead atoms. The molecule has 0 amide bonds. The fraction of sp³-hybridized carbons (Fsp3) is 0.625. The average molecular weight is 299 g/mol. The van der Waals surface area contributed by atoms with E-state index in [0.29, 0.717) is 6.04 Å². The fourth-order valence-electron chi connectivity index (χ4n) is 2.43. The minimum absolute atomic E-state index is 0.344. The highest BCUT2D eigenvalue weighted by Crippen LogP contribution is 2.26. The van der Waals surface area contributed by atoms with Gasteiger partial charge in [-0.25, -0.2) is 0 Å². The molecule has 3 nitrogen and oxygen atoms in total. The van der Waals surface area contributed by atoms with Gasteiger partial charge in [-0.05, 0) is 50.6 Å². The van der Waals surface area contributed by atoms with Crippen LogP contribution < -0.4 is 10.2 Å². The Morgan fingerprint density at radius 2 is 2.10 bits per heavy atom. The summed E-state index contributed by atoms with van der Waals surface area (Å²) >= 11 is 6.15. The van der Waals surface area contributed by atoms with Crippen LogP contribution in [0.2, 0.25) is 5.02 Å². The average Bonchev–Trinajstić information content (AvgIpc) is 2.42. The van der Waals surface area contributed by atoms with Gasteiger partial charge in [0, 0.05) is 37.0 Å². The molecular formula is C16H27ClN2O. The standard InChI is InChI=1S/C16H27ClN2O/c1-5-9-18-11-14-10-15(17)7-8-16(14)19(6-2)13(3)12-20-4/h7-8,10,13,18H,5-6,9,11-12H2,1-4H3. The smallest absolute Gasteiger partial charge is 0.0663 e. The number of ether oxygens (including phenoxy) is 1. The highest BCUT2D eigenvalue weighted by Gasteiger charge is 2.16. The van der Waals surface area contributed by atoms with Crippen molar-refractivity contribution in [2.24, 2.45) is 0 Å². The molecule has 0 radical (unpaired) electrons. The number of likely N-dealkylation sites (N-methyl/N-ethyl adjacent to an activating group) is 1. The summed E-state index contributed by atoms with van der Waals surface area (Å²) in [7, 11) is 1.75. The van der Waals surface area contributed by atoms with Crippen molar-refractivity contribution in [2.75, 3.05) is 31.7 Å². The van der Waals surface area contributed by atoms with Crippen LogP contribution in [0.5, 0.6) is 0 Å². The molecule has 0 aliphatic heterocycles. The summed E-state index contributed by atoms with van der Waals surface area (Å²) < 4.78 is 5.29. The molecule has 1 aromatic rings. The quantitative estimate of drug-likeness (QED) is 0.704. The molecule has 4 heteroatoms. The number of hydrogen-bond acceptors (Lipinski definition) is 3. The zero-order valence-electron chi connectivity index (χ0n) is 13.1. The van der Waals surface area contributed by atoms with Crippen molar-refractivity contribution < 1.29 is 4.74 Å². The first-order valence-electron chi connectivity index (χ1n) is 7.38. The van der Waals surface area contributed by atoms with E-state index in [9.17, 15) is 0 Å². The van der Waals surface area contributed by atoms with Crippen molar-refractivity contribution >= 4 is 17.3 Å². The first-order valence-corrected chi connectivity index (χ1v) is 7.76. The molecule has 0 aliphatic carbocycles. The molecule has 1 N–H and O–H groups in total. The summed E-state index contributed by atoms with van der Waals surface area (Å²) in [6, 6.07) is 6.47. The summed E-state index contributed by atoms with van der Waals surface area (Å²) in [6.07, 6.45) is 1.13. The molecule has 20 heavy (non-hydrogen) atoms. The first-order chi connectivity index (χ1) is 9.63. The lowest BCUT2D eigenvalue weighted by Crippen LogP contribution is -2.37. The Labute approximate surface area is 128 Å². The number of benzene rings is 1. The highest BCUT2D eigenvalue weighted by molar-refractivity contribution is 6.30. The third-order valence-electron chi connectivity index (χ3n) is 3.37. The summed E-state index contributed by atoms with van der Waals surface area (Å²) in [5, 5.41) is 4.24. The van der Waals surface area contributed by atoms with Gasteiger partial charge in [-0.1, -0.05) is 18.5 Å². The minimum Gasteiger partial charge on any atom is -0.383 e. The van der Waals surface area contributed by atoms with E-state index in [1.807, 2.05) is 6.07 Å². The number of nitrogens with zero attached hydrogens (tertiary/aromatic N) is 1. The van der Waals surface area contributed by atoms with Gasteiger partial charge in [0.1, 0.15) is 0 Å². The Bertz CT molecular complexity index is 398. The zero-order chi connectivity index (χ0) is 15.0. The Kier molecular flexibility index (Phi) is 7.97. The van der Waals surface area contributed by atoms with Crippen LogP contribution >= 0.6 is 11.6 Å². The lowest BCUT2D eigenvalue weighted by atomic mass is 10.1. The van der Waals surface area contributed by atoms with Crippen LogP contribution in [0.15, 0.2) is 18.2 Å². The largest absolute Gasteiger partial charge is 0.383 e. The van der Waals surface area contributed by atoms with Crippen molar-refractivity contribution in [2.45, 2.75) is 39.8 Å². The molecule has 0 fully saturated rings. The predicted molar refractivity (Wildman–Crippen MR) is 87.8 cm³/mol. The van der Waals surface area contributed by atoms with Gasteiger partial charge < -0.3 is 15.0 Å². The predicted octanol–water partition coefficient (Wildman–Crippen LogP) is 3.70. The maximum atomic E-state index is 6.15. The second-order valence-electron chi connectivity index (χ2n) is 5.04. The minimum atomic E-state index is 0.344. The molecule has 0 aliphatic rings. The Balaban J connectivity index is 2.94. The molecule has 0 spiro atoms. The number of nitrogens with one attached hydrogen (secondary N) is 1.